The van der Waals surface area contributed by atoms with Crippen LogP contribution in [0.1, 0.15) is 0 Å². The van der Waals surface area contributed by atoms with Gasteiger partial charge < -0.3 is 9.63 Å². The molecule has 2 aromatic heterocycles. The second-order valence-electron chi connectivity index (χ2n) is 4.62. The maximum absolute atomic E-state index is 10.4. The molecule has 0 saturated heterocycles. The molecule has 102 valence electrons. The molecule has 0 amide bonds. The van der Waals surface area contributed by atoms with Gasteiger partial charge >= 0.3 is 0 Å². The Bertz CT molecular complexity index is 913. The van der Waals surface area contributed by atoms with Crippen LogP contribution in [-0.2, 0) is 0 Å². The molecule has 0 atom stereocenters. The molecule has 0 bridgehead atoms. The smallest absolute Gasteiger partial charge is 0.262 e. The highest BCUT2D eigenvalue weighted by molar-refractivity contribution is 7.08. The normalized spacial score (nSPS) is 11.0. The Morgan fingerprint density at radius 3 is 2.81 bits per heavy atom. The van der Waals surface area contributed by atoms with Crippen LogP contribution in [-0.4, -0.2) is 15.2 Å². The number of thiophene rings is 1. The number of aromatic nitrogens is 2. The predicted molar refractivity (Wildman–Crippen MR) is 82.2 cm³/mol. The van der Waals surface area contributed by atoms with Gasteiger partial charge in [0.05, 0.1) is 5.56 Å². The Morgan fingerprint density at radius 1 is 1.05 bits per heavy atom. The van der Waals surface area contributed by atoms with Crippen LogP contribution >= 0.6 is 11.3 Å². The van der Waals surface area contributed by atoms with Gasteiger partial charge in [-0.15, -0.1) is 0 Å². The molecule has 4 rings (SSSR count). The lowest BCUT2D eigenvalue weighted by molar-refractivity contribution is 0.426. The summed E-state index contributed by atoms with van der Waals surface area (Å²) in [5.74, 6) is 1.01. The molecule has 1 N–H and O–H groups in total. The quantitative estimate of drug-likeness (QED) is 0.598. The van der Waals surface area contributed by atoms with Crippen molar-refractivity contribution in [2.45, 2.75) is 0 Å². The first kappa shape index (κ1) is 12.1. The highest BCUT2D eigenvalue weighted by Crippen LogP contribution is 2.35. The average molecular weight is 294 g/mol. The molecule has 2 aromatic carbocycles. The molecular weight excluding hydrogens is 284 g/mol. The number of nitrogens with zero attached hydrogens (tertiary/aromatic N) is 2. The van der Waals surface area contributed by atoms with Gasteiger partial charge in [0.25, 0.3) is 5.89 Å². The average Bonchev–Trinajstić information content (AvgIpc) is 3.19. The van der Waals surface area contributed by atoms with Crippen LogP contribution in [0.2, 0.25) is 0 Å². The third-order valence-corrected chi connectivity index (χ3v) is 4.02. The fraction of sp³-hybridized carbons (Fsp3) is 0. The third kappa shape index (κ3) is 1.98. The van der Waals surface area contributed by atoms with E-state index in [1.807, 2.05) is 47.2 Å². The van der Waals surface area contributed by atoms with E-state index in [0.717, 1.165) is 16.3 Å². The fourth-order valence-electron chi connectivity index (χ4n) is 2.27. The Labute approximate surface area is 124 Å². The highest BCUT2D eigenvalue weighted by Gasteiger charge is 2.15. The molecule has 0 spiro atoms. The van der Waals surface area contributed by atoms with Gasteiger partial charge in [0, 0.05) is 16.3 Å². The monoisotopic (exact) mass is 294 g/mol. The van der Waals surface area contributed by atoms with Crippen LogP contribution in [0.5, 0.6) is 5.75 Å². The van der Waals surface area contributed by atoms with E-state index < -0.39 is 0 Å². The van der Waals surface area contributed by atoms with E-state index in [1.165, 1.54) is 0 Å². The summed E-state index contributed by atoms with van der Waals surface area (Å²) in [5, 5.41) is 20.0. The van der Waals surface area contributed by atoms with Crippen molar-refractivity contribution in [1.29, 1.82) is 0 Å². The molecule has 0 radical (unpaired) electrons. The number of rotatable bonds is 2. The maximum Gasteiger partial charge on any atom is 0.262 e. The summed E-state index contributed by atoms with van der Waals surface area (Å²) >= 11 is 1.57. The molecule has 0 unspecified atom stereocenters. The first-order valence-electron chi connectivity index (χ1n) is 6.40. The Balaban J connectivity index is 1.85. The number of phenolic OH excluding ortho intramolecular Hbond substituents is 1. The van der Waals surface area contributed by atoms with E-state index in [-0.39, 0.29) is 5.75 Å². The van der Waals surface area contributed by atoms with Crippen molar-refractivity contribution in [1.82, 2.24) is 10.1 Å². The molecule has 0 fully saturated rings. The van der Waals surface area contributed by atoms with E-state index >= 15 is 0 Å². The zero-order valence-corrected chi connectivity index (χ0v) is 11.7. The van der Waals surface area contributed by atoms with Crippen LogP contribution in [0.25, 0.3) is 33.6 Å². The van der Waals surface area contributed by atoms with Crippen LogP contribution in [0.3, 0.4) is 0 Å². The first-order valence-corrected chi connectivity index (χ1v) is 7.34. The fourth-order valence-corrected chi connectivity index (χ4v) is 2.90. The standard InChI is InChI=1S/C16H10N2O2S/c19-14-12-4-2-1-3-10(12)5-6-13(14)16-17-15(18-20-16)11-7-8-21-9-11/h1-9,19H. The van der Waals surface area contributed by atoms with Gasteiger partial charge in [-0.2, -0.15) is 16.3 Å². The van der Waals surface area contributed by atoms with Gasteiger partial charge in [0.2, 0.25) is 5.82 Å². The summed E-state index contributed by atoms with van der Waals surface area (Å²) in [6.07, 6.45) is 0. The van der Waals surface area contributed by atoms with Crippen molar-refractivity contribution in [3.63, 3.8) is 0 Å². The SMILES string of the molecule is Oc1c(-c2nc(-c3ccsc3)no2)ccc2ccccc12. The molecule has 4 aromatic rings. The molecule has 0 saturated carbocycles. The van der Waals surface area contributed by atoms with Crippen molar-refractivity contribution in [3.8, 4) is 28.6 Å². The summed E-state index contributed by atoms with van der Waals surface area (Å²) in [5.41, 5.74) is 1.46. The number of hydrogen-bond acceptors (Lipinski definition) is 5. The van der Waals surface area contributed by atoms with Crippen molar-refractivity contribution in [3.05, 3.63) is 53.2 Å². The Morgan fingerprint density at radius 2 is 1.95 bits per heavy atom. The zero-order valence-electron chi connectivity index (χ0n) is 10.9. The summed E-state index contributed by atoms with van der Waals surface area (Å²) in [6, 6.07) is 13.3. The van der Waals surface area contributed by atoms with Crippen LogP contribution in [0, 0.1) is 0 Å². The van der Waals surface area contributed by atoms with Crippen molar-refractivity contribution >= 4 is 22.1 Å². The number of fused-ring (bicyclic) bond motifs is 1. The number of phenols is 1. The van der Waals surface area contributed by atoms with Gasteiger partial charge in [0.15, 0.2) is 0 Å². The number of hydrogen-bond donors (Lipinski definition) is 1. The molecule has 4 nitrogen and oxygen atoms in total. The van der Waals surface area contributed by atoms with E-state index in [0.29, 0.717) is 17.3 Å². The summed E-state index contributed by atoms with van der Waals surface area (Å²) in [7, 11) is 0. The Kier molecular flexibility index (Phi) is 2.72. The van der Waals surface area contributed by atoms with Crippen LogP contribution in [0.4, 0.5) is 0 Å². The minimum Gasteiger partial charge on any atom is -0.506 e. The van der Waals surface area contributed by atoms with E-state index in [9.17, 15) is 5.11 Å². The zero-order chi connectivity index (χ0) is 14.2. The molecule has 2 heterocycles. The minimum atomic E-state index is 0.161. The summed E-state index contributed by atoms with van der Waals surface area (Å²) in [4.78, 5) is 4.36. The second-order valence-corrected chi connectivity index (χ2v) is 5.40. The maximum atomic E-state index is 10.4. The van der Waals surface area contributed by atoms with Crippen molar-refractivity contribution in [2.24, 2.45) is 0 Å². The topological polar surface area (TPSA) is 59.2 Å². The lowest BCUT2D eigenvalue weighted by Crippen LogP contribution is -1.82. The second kappa shape index (κ2) is 4.71. The Hall–Kier alpha value is -2.66. The number of aromatic hydroxyl groups is 1. The molecule has 0 aliphatic rings. The molecule has 0 aliphatic carbocycles. The van der Waals surface area contributed by atoms with Gasteiger partial charge in [-0.25, -0.2) is 0 Å². The van der Waals surface area contributed by atoms with Crippen molar-refractivity contribution < 1.29 is 9.63 Å². The van der Waals surface area contributed by atoms with Gasteiger partial charge in [-0.3, -0.25) is 0 Å². The number of benzene rings is 2. The van der Waals surface area contributed by atoms with Crippen LogP contribution in [0.15, 0.2) is 57.7 Å². The molecular formula is C16H10N2O2S. The van der Waals surface area contributed by atoms with Gasteiger partial charge in [-0.1, -0.05) is 35.5 Å². The van der Waals surface area contributed by atoms with Crippen LogP contribution < -0.4 is 0 Å². The van der Waals surface area contributed by atoms with Gasteiger partial charge in [0.1, 0.15) is 5.75 Å². The lowest BCUT2D eigenvalue weighted by Gasteiger charge is -2.04. The van der Waals surface area contributed by atoms with E-state index in [2.05, 4.69) is 10.1 Å². The highest BCUT2D eigenvalue weighted by atomic mass is 32.1. The van der Waals surface area contributed by atoms with E-state index in [1.54, 1.807) is 17.4 Å². The van der Waals surface area contributed by atoms with Crippen molar-refractivity contribution in [2.75, 3.05) is 0 Å². The molecule has 0 aliphatic heterocycles. The minimum absolute atomic E-state index is 0.161. The predicted octanol–water partition coefficient (Wildman–Crippen LogP) is 4.32. The summed E-state index contributed by atoms with van der Waals surface area (Å²) < 4.78 is 5.29. The molecule has 5 heteroatoms. The summed E-state index contributed by atoms with van der Waals surface area (Å²) in [6.45, 7) is 0. The largest absolute Gasteiger partial charge is 0.506 e. The molecule has 21 heavy (non-hydrogen) atoms. The van der Waals surface area contributed by atoms with E-state index in [4.69, 9.17) is 4.52 Å². The third-order valence-electron chi connectivity index (χ3n) is 3.34. The lowest BCUT2D eigenvalue weighted by atomic mass is 10.1. The van der Waals surface area contributed by atoms with Gasteiger partial charge in [-0.05, 0) is 22.9 Å². The first-order chi connectivity index (χ1) is 10.3.